The van der Waals surface area contributed by atoms with Crippen LogP contribution in [0.5, 0.6) is 0 Å². The molecule has 0 unspecified atom stereocenters. The zero-order chi connectivity index (χ0) is 19.5. The van der Waals surface area contributed by atoms with E-state index >= 15 is 0 Å². The minimum absolute atomic E-state index is 0.0413. The Morgan fingerprint density at radius 3 is 2.61 bits per heavy atom. The van der Waals surface area contributed by atoms with Gasteiger partial charge in [0.1, 0.15) is 5.82 Å². The maximum Gasteiger partial charge on any atom is 0.261 e. The minimum atomic E-state index is 0.0413. The number of rotatable bonds is 5. The number of nitrogens with zero attached hydrogens (tertiary/aromatic N) is 3. The predicted octanol–water partition coefficient (Wildman–Crippen LogP) is 3.91. The Hall–Kier alpha value is -2.67. The Morgan fingerprint density at radius 2 is 1.86 bits per heavy atom. The third kappa shape index (κ3) is 4.25. The predicted molar refractivity (Wildman–Crippen MR) is 115 cm³/mol. The normalized spacial score (nSPS) is 19.4. The molecule has 1 aromatic carbocycles. The maximum absolute atomic E-state index is 12.6. The topological polar surface area (TPSA) is 70.2 Å². The molecule has 2 aromatic heterocycles. The van der Waals surface area contributed by atoms with Gasteiger partial charge in [-0.2, -0.15) is 4.98 Å². The lowest BCUT2D eigenvalue weighted by atomic mass is 9.91. The summed E-state index contributed by atoms with van der Waals surface area (Å²) in [7, 11) is 3.94. The number of fused-ring (bicyclic) bond motifs is 1. The van der Waals surface area contributed by atoms with Crippen molar-refractivity contribution in [2.45, 2.75) is 37.8 Å². The van der Waals surface area contributed by atoms with Crippen LogP contribution in [-0.2, 0) is 0 Å². The number of carbonyl (C=O) groups excluding carboxylic acids is 1. The van der Waals surface area contributed by atoms with Gasteiger partial charge < -0.3 is 15.5 Å². The lowest BCUT2D eigenvalue weighted by Crippen LogP contribution is -2.40. The van der Waals surface area contributed by atoms with Gasteiger partial charge >= 0.3 is 0 Å². The highest BCUT2D eigenvalue weighted by molar-refractivity contribution is 7.20. The third-order valence-electron chi connectivity index (χ3n) is 5.14. The largest absolute Gasteiger partial charge is 0.363 e. The molecule has 0 spiro atoms. The summed E-state index contributed by atoms with van der Waals surface area (Å²) in [6, 6.07) is 12.6. The van der Waals surface area contributed by atoms with Crippen molar-refractivity contribution in [2.24, 2.45) is 0 Å². The van der Waals surface area contributed by atoms with E-state index in [0.29, 0.717) is 12.0 Å². The van der Waals surface area contributed by atoms with E-state index in [0.717, 1.165) is 46.5 Å². The summed E-state index contributed by atoms with van der Waals surface area (Å²) < 4.78 is 1.15. The van der Waals surface area contributed by atoms with Crippen molar-refractivity contribution in [1.82, 2.24) is 15.3 Å². The van der Waals surface area contributed by atoms with Gasteiger partial charge in [-0.3, -0.25) is 4.79 Å². The summed E-state index contributed by atoms with van der Waals surface area (Å²) in [6.07, 6.45) is 5.69. The van der Waals surface area contributed by atoms with Crippen molar-refractivity contribution in [3.8, 4) is 0 Å². The Balaban J connectivity index is 1.30. The lowest BCUT2D eigenvalue weighted by molar-refractivity contribution is 0.0931. The highest BCUT2D eigenvalue weighted by Gasteiger charge is 2.24. The molecule has 1 saturated carbocycles. The van der Waals surface area contributed by atoms with E-state index in [-0.39, 0.29) is 11.9 Å². The number of aromatic nitrogens is 2. The summed E-state index contributed by atoms with van der Waals surface area (Å²) >= 11 is 1.55. The van der Waals surface area contributed by atoms with Gasteiger partial charge in [0.25, 0.3) is 5.91 Å². The van der Waals surface area contributed by atoms with Crippen molar-refractivity contribution in [1.29, 1.82) is 0 Å². The lowest BCUT2D eigenvalue weighted by Gasteiger charge is -2.29. The van der Waals surface area contributed by atoms with Gasteiger partial charge in [-0.25, -0.2) is 4.98 Å². The number of nitrogens with one attached hydrogen (secondary N) is 2. The first-order valence-corrected chi connectivity index (χ1v) is 10.5. The van der Waals surface area contributed by atoms with Crippen LogP contribution in [0.2, 0.25) is 0 Å². The zero-order valence-corrected chi connectivity index (χ0v) is 17.0. The van der Waals surface area contributed by atoms with Crippen LogP contribution in [0.25, 0.3) is 10.1 Å². The van der Waals surface area contributed by atoms with E-state index in [1.165, 1.54) is 0 Å². The highest BCUT2D eigenvalue weighted by atomic mass is 32.1. The number of hydrogen-bond donors (Lipinski definition) is 2. The molecule has 7 heteroatoms. The number of amides is 1. The molecule has 1 amide bonds. The second-order valence-corrected chi connectivity index (χ2v) is 8.53. The Kier molecular flexibility index (Phi) is 5.43. The summed E-state index contributed by atoms with van der Waals surface area (Å²) in [5.74, 6) is 1.60. The van der Waals surface area contributed by atoms with Gasteiger partial charge in [0, 0.05) is 37.1 Å². The van der Waals surface area contributed by atoms with E-state index in [2.05, 4.69) is 26.7 Å². The molecule has 146 valence electrons. The van der Waals surface area contributed by atoms with Crippen molar-refractivity contribution in [3.63, 3.8) is 0 Å². The number of anilines is 2. The summed E-state index contributed by atoms with van der Waals surface area (Å²) in [5.41, 5.74) is 0. The van der Waals surface area contributed by atoms with Crippen LogP contribution in [0.15, 0.2) is 42.6 Å². The van der Waals surface area contributed by atoms with Crippen LogP contribution in [0.1, 0.15) is 35.4 Å². The molecule has 2 N–H and O–H groups in total. The molecule has 0 aliphatic heterocycles. The van der Waals surface area contributed by atoms with Crippen LogP contribution >= 0.6 is 11.3 Å². The summed E-state index contributed by atoms with van der Waals surface area (Å²) in [5, 5.41) is 7.78. The zero-order valence-electron chi connectivity index (χ0n) is 16.2. The first kappa shape index (κ1) is 18.7. The molecule has 0 bridgehead atoms. The molecule has 0 saturated heterocycles. The molecule has 0 atom stereocenters. The Labute approximate surface area is 169 Å². The van der Waals surface area contributed by atoms with E-state index in [4.69, 9.17) is 0 Å². The molecule has 3 aromatic rings. The molecular formula is C21H25N5OS. The minimum Gasteiger partial charge on any atom is -0.363 e. The third-order valence-corrected chi connectivity index (χ3v) is 6.26. The number of thiophene rings is 1. The maximum atomic E-state index is 12.6. The monoisotopic (exact) mass is 395 g/mol. The van der Waals surface area contributed by atoms with Crippen molar-refractivity contribution < 1.29 is 4.79 Å². The van der Waals surface area contributed by atoms with Gasteiger partial charge in [-0.15, -0.1) is 11.3 Å². The Morgan fingerprint density at radius 1 is 1.11 bits per heavy atom. The van der Waals surface area contributed by atoms with Gasteiger partial charge in [0.05, 0.1) is 4.88 Å². The molecule has 1 aliphatic carbocycles. The molecule has 2 heterocycles. The van der Waals surface area contributed by atoms with E-state index in [1.807, 2.05) is 49.3 Å². The summed E-state index contributed by atoms with van der Waals surface area (Å²) in [6.45, 7) is 0. The van der Waals surface area contributed by atoms with E-state index in [9.17, 15) is 4.79 Å². The molecule has 0 radical (unpaired) electrons. The summed E-state index contributed by atoms with van der Waals surface area (Å²) in [4.78, 5) is 24.2. The standard InChI is InChI=1S/C21H25N5OS/c1-26(2)19-11-12-22-21(25-19)24-16-9-7-15(8-10-16)23-20(27)18-13-14-5-3-4-6-17(14)28-18/h3-6,11-13,15-16H,7-10H2,1-2H3,(H,23,27)(H,22,24,25). The number of hydrogen-bond acceptors (Lipinski definition) is 6. The molecule has 1 aliphatic rings. The Bertz CT molecular complexity index is 929. The molecule has 4 rings (SSSR count). The quantitative estimate of drug-likeness (QED) is 0.685. The SMILES string of the molecule is CN(C)c1ccnc(NC2CCC(NC(=O)c3cc4ccccc4s3)CC2)n1. The molecule has 28 heavy (non-hydrogen) atoms. The van der Waals surface area contributed by atoms with Crippen LogP contribution in [0.4, 0.5) is 11.8 Å². The van der Waals surface area contributed by atoms with Crippen molar-refractivity contribution in [2.75, 3.05) is 24.3 Å². The van der Waals surface area contributed by atoms with Gasteiger partial charge in [-0.1, -0.05) is 18.2 Å². The molecular weight excluding hydrogens is 370 g/mol. The van der Waals surface area contributed by atoms with Crippen LogP contribution < -0.4 is 15.5 Å². The van der Waals surface area contributed by atoms with Crippen LogP contribution in [0, 0.1) is 0 Å². The highest BCUT2D eigenvalue weighted by Crippen LogP contribution is 2.26. The van der Waals surface area contributed by atoms with Gasteiger partial charge in [0.15, 0.2) is 0 Å². The molecule has 1 fully saturated rings. The second kappa shape index (κ2) is 8.14. The van der Waals surface area contributed by atoms with Crippen molar-refractivity contribution >= 4 is 39.1 Å². The van der Waals surface area contributed by atoms with Gasteiger partial charge in [0.2, 0.25) is 5.95 Å². The second-order valence-electron chi connectivity index (χ2n) is 7.45. The van der Waals surface area contributed by atoms with E-state index in [1.54, 1.807) is 17.5 Å². The molecule has 6 nitrogen and oxygen atoms in total. The smallest absolute Gasteiger partial charge is 0.261 e. The first-order chi connectivity index (χ1) is 13.6. The number of carbonyl (C=O) groups is 1. The average molecular weight is 396 g/mol. The van der Waals surface area contributed by atoms with Crippen molar-refractivity contribution in [3.05, 3.63) is 47.5 Å². The first-order valence-electron chi connectivity index (χ1n) is 9.65. The van der Waals surface area contributed by atoms with E-state index < -0.39 is 0 Å². The fraction of sp³-hybridized carbons (Fsp3) is 0.381. The number of benzene rings is 1. The fourth-order valence-corrected chi connectivity index (χ4v) is 4.55. The van der Waals surface area contributed by atoms with Crippen LogP contribution in [0.3, 0.4) is 0 Å². The van der Waals surface area contributed by atoms with Gasteiger partial charge in [-0.05, 0) is 49.3 Å². The fourth-order valence-electron chi connectivity index (χ4n) is 3.58. The van der Waals surface area contributed by atoms with Crippen LogP contribution in [-0.4, -0.2) is 42.1 Å². The average Bonchev–Trinajstić information content (AvgIpc) is 3.14.